The number of carbonyl (C=O) groups excluding carboxylic acids is 1. The van der Waals surface area contributed by atoms with Gasteiger partial charge in [0.2, 0.25) is 10.0 Å². The third kappa shape index (κ3) is 4.63. The number of anilines is 2. The number of nitriles is 1. The molecule has 1 aromatic heterocycles. The van der Waals surface area contributed by atoms with Crippen molar-refractivity contribution in [3.05, 3.63) is 47.1 Å². The first-order chi connectivity index (χ1) is 11.3. The molecule has 10 heteroatoms. The monoisotopic (exact) mass is 363 g/mol. The van der Waals surface area contributed by atoms with Gasteiger partial charge in [0.25, 0.3) is 5.91 Å². The average Bonchev–Trinajstić information content (AvgIpc) is 2.93. The molecule has 1 heterocycles. The quantitative estimate of drug-likeness (QED) is 0.544. The number of thiazole rings is 1. The van der Waals surface area contributed by atoms with Crippen LogP contribution >= 0.6 is 11.3 Å². The number of sulfonamides is 1. The predicted octanol–water partition coefficient (Wildman–Crippen LogP) is 1.56. The lowest BCUT2D eigenvalue weighted by molar-refractivity contribution is -0.112. The number of aryl methyl sites for hydroxylation is 1. The maximum atomic E-state index is 12.1. The van der Waals surface area contributed by atoms with Gasteiger partial charge in [-0.15, -0.1) is 11.3 Å². The summed E-state index contributed by atoms with van der Waals surface area (Å²) >= 11 is 1.34. The molecule has 0 bridgehead atoms. The van der Waals surface area contributed by atoms with Crippen molar-refractivity contribution in [3.63, 3.8) is 0 Å². The highest BCUT2D eigenvalue weighted by molar-refractivity contribution is 7.89. The molecule has 2 rings (SSSR count). The Morgan fingerprint density at radius 2 is 2.04 bits per heavy atom. The van der Waals surface area contributed by atoms with Crippen molar-refractivity contribution in [2.75, 3.05) is 10.6 Å². The Morgan fingerprint density at radius 3 is 2.54 bits per heavy atom. The lowest BCUT2D eigenvalue weighted by Gasteiger charge is -2.05. The smallest absolute Gasteiger partial charge is 0.267 e. The topological polar surface area (TPSA) is 138 Å². The molecular formula is C14H13N5O3S2. The molecule has 0 aliphatic heterocycles. The second kappa shape index (κ2) is 7.22. The molecule has 4 N–H and O–H groups in total. The molecule has 124 valence electrons. The number of nitrogens with one attached hydrogen (secondary N) is 2. The Labute approximate surface area is 142 Å². The fourth-order valence-electron chi connectivity index (χ4n) is 1.63. The van der Waals surface area contributed by atoms with Crippen molar-refractivity contribution in [2.45, 2.75) is 11.8 Å². The lowest BCUT2D eigenvalue weighted by atomic mass is 10.2. The summed E-state index contributed by atoms with van der Waals surface area (Å²) in [5, 5.41) is 21.7. The zero-order valence-corrected chi connectivity index (χ0v) is 14.1. The molecule has 2 aromatic rings. The molecule has 0 fully saturated rings. The first-order valence-corrected chi connectivity index (χ1v) is 8.95. The summed E-state index contributed by atoms with van der Waals surface area (Å²) in [6.07, 6.45) is 1.26. The van der Waals surface area contributed by atoms with Gasteiger partial charge in [-0.2, -0.15) is 5.26 Å². The highest BCUT2D eigenvalue weighted by Gasteiger charge is 2.11. The van der Waals surface area contributed by atoms with Crippen molar-refractivity contribution < 1.29 is 13.2 Å². The van der Waals surface area contributed by atoms with E-state index in [1.165, 1.54) is 41.8 Å². The van der Waals surface area contributed by atoms with Crippen LogP contribution in [0.25, 0.3) is 0 Å². The van der Waals surface area contributed by atoms with Gasteiger partial charge >= 0.3 is 0 Å². The largest absolute Gasteiger partial charge is 0.337 e. The SMILES string of the molecule is Cc1csc(N/C=C(/C#N)C(=O)Nc2ccc(S(N)(=O)=O)cc2)n1. The minimum Gasteiger partial charge on any atom is -0.337 e. The van der Waals surface area contributed by atoms with Crippen LogP contribution in [-0.2, 0) is 14.8 Å². The highest BCUT2D eigenvalue weighted by Crippen LogP contribution is 2.16. The summed E-state index contributed by atoms with van der Waals surface area (Å²) in [5.74, 6) is -0.637. The van der Waals surface area contributed by atoms with E-state index in [-0.39, 0.29) is 10.5 Å². The van der Waals surface area contributed by atoms with E-state index in [0.29, 0.717) is 10.8 Å². The molecule has 1 aromatic carbocycles. The van der Waals surface area contributed by atoms with Gasteiger partial charge < -0.3 is 10.6 Å². The van der Waals surface area contributed by atoms with Gasteiger partial charge in [-0.05, 0) is 31.2 Å². The Morgan fingerprint density at radius 1 is 1.38 bits per heavy atom. The van der Waals surface area contributed by atoms with Gasteiger partial charge in [-0.1, -0.05) is 0 Å². The maximum Gasteiger partial charge on any atom is 0.267 e. The zero-order valence-electron chi connectivity index (χ0n) is 12.5. The van der Waals surface area contributed by atoms with Crippen LogP contribution < -0.4 is 15.8 Å². The van der Waals surface area contributed by atoms with Crippen LogP contribution in [0.5, 0.6) is 0 Å². The van der Waals surface area contributed by atoms with Crippen LogP contribution in [0.1, 0.15) is 5.69 Å². The standard InChI is InChI=1S/C14H13N5O3S2/c1-9-8-23-14(18-9)17-7-10(6-15)13(20)19-11-2-4-12(5-3-11)24(16,21)22/h2-5,7-8H,1H3,(H,17,18)(H,19,20)(H2,16,21,22)/b10-7-. The van der Waals surface area contributed by atoms with E-state index in [4.69, 9.17) is 10.4 Å². The molecule has 0 spiro atoms. The van der Waals surface area contributed by atoms with E-state index in [9.17, 15) is 13.2 Å². The molecule has 0 saturated heterocycles. The third-order valence-electron chi connectivity index (χ3n) is 2.76. The second-order valence-electron chi connectivity index (χ2n) is 4.63. The van der Waals surface area contributed by atoms with Crippen molar-refractivity contribution in [1.82, 2.24) is 4.98 Å². The molecule has 8 nitrogen and oxygen atoms in total. The molecule has 0 aliphatic rings. The summed E-state index contributed by atoms with van der Waals surface area (Å²) in [5.41, 5.74) is 1.01. The maximum absolute atomic E-state index is 12.1. The van der Waals surface area contributed by atoms with Crippen molar-refractivity contribution in [3.8, 4) is 6.07 Å². The van der Waals surface area contributed by atoms with Gasteiger partial charge in [0.1, 0.15) is 11.6 Å². The normalized spacial score (nSPS) is 11.6. The summed E-state index contributed by atoms with van der Waals surface area (Å²) in [6, 6.07) is 7.06. The molecular weight excluding hydrogens is 350 g/mol. The molecule has 0 atom stereocenters. The van der Waals surface area contributed by atoms with Crippen LogP contribution in [0, 0.1) is 18.3 Å². The van der Waals surface area contributed by atoms with E-state index < -0.39 is 15.9 Å². The van der Waals surface area contributed by atoms with E-state index in [0.717, 1.165) is 5.69 Å². The summed E-state index contributed by atoms with van der Waals surface area (Å²) < 4.78 is 22.3. The van der Waals surface area contributed by atoms with Crippen molar-refractivity contribution >= 4 is 38.1 Å². The van der Waals surface area contributed by atoms with Gasteiger partial charge in [-0.3, -0.25) is 4.79 Å². The van der Waals surface area contributed by atoms with Crippen LogP contribution in [0.15, 0.2) is 46.3 Å². The number of rotatable bonds is 5. The first-order valence-electron chi connectivity index (χ1n) is 6.53. The predicted molar refractivity (Wildman–Crippen MR) is 90.6 cm³/mol. The van der Waals surface area contributed by atoms with Crippen LogP contribution in [-0.4, -0.2) is 19.3 Å². The molecule has 0 unspecified atom stereocenters. The molecule has 24 heavy (non-hydrogen) atoms. The zero-order chi connectivity index (χ0) is 17.7. The number of primary sulfonamides is 1. The Hall–Kier alpha value is -2.74. The fourth-order valence-corrected chi connectivity index (χ4v) is 2.80. The Kier molecular flexibility index (Phi) is 5.30. The van der Waals surface area contributed by atoms with E-state index in [1.807, 2.05) is 12.3 Å². The number of nitrogens with two attached hydrogens (primary N) is 1. The summed E-state index contributed by atoms with van der Waals surface area (Å²) in [7, 11) is -3.80. The minimum absolute atomic E-state index is 0.0719. The van der Waals surface area contributed by atoms with E-state index >= 15 is 0 Å². The summed E-state index contributed by atoms with van der Waals surface area (Å²) in [4.78, 5) is 16.1. The molecule has 0 aliphatic carbocycles. The number of hydrogen-bond donors (Lipinski definition) is 3. The molecule has 0 saturated carbocycles. The average molecular weight is 363 g/mol. The summed E-state index contributed by atoms with van der Waals surface area (Å²) in [6.45, 7) is 1.83. The van der Waals surface area contributed by atoms with Gasteiger partial charge in [-0.25, -0.2) is 18.5 Å². The highest BCUT2D eigenvalue weighted by atomic mass is 32.2. The van der Waals surface area contributed by atoms with Crippen LogP contribution in [0.2, 0.25) is 0 Å². The number of hydrogen-bond acceptors (Lipinski definition) is 7. The number of carbonyl (C=O) groups is 1. The Balaban J connectivity index is 2.08. The van der Waals surface area contributed by atoms with Crippen molar-refractivity contribution in [2.24, 2.45) is 5.14 Å². The third-order valence-corrected chi connectivity index (χ3v) is 4.59. The van der Waals surface area contributed by atoms with E-state index in [2.05, 4.69) is 15.6 Å². The van der Waals surface area contributed by atoms with Crippen molar-refractivity contribution in [1.29, 1.82) is 5.26 Å². The van der Waals surface area contributed by atoms with Crippen LogP contribution in [0.4, 0.5) is 10.8 Å². The Bertz CT molecular complexity index is 924. The lowest BCUT2D eigenvalue weighted by Crippen LogP contribution is -2.15. The number of nitrogens with zero attached hydrogens (tertiary/aromatic N) is 2. The number of aromatic nitrogens is 1. The van der Waals surface area contributed by atoms with Gasteiger partial charge in [0, 0.05) is 17.3 Å². The molecule has 0 radical (unpaired) electrons. The number of benzene rings is 1. The van der Waals surface area contributed by atoms with E-state index in [1.54, 1.807) is 6.07 Å². The van der Waals surface area contributed by atoms with Crippen LogP contribution in [0.3, 0.4) is 0 Å². The van der Waals surface area contributed by atoms with Gasteiger partial charge in [0.15, 0.2) is 5.13 Å². The first kappa shape index (κ1) is 17.6. The van der Waals surface area contributed by atoms with Gasteiger partial charge in [0.05, 0.1) is 10.6 Å². The minimum atomic E-state index is -3.80. The fraction of sp³-hybridized carbons (Fsp3) is 0.0714. The second-order valence-corrected chi connectivity index (χ2v) is 7.05. The number of amides is 1. The molecule has 1 amide bonds.